The molecule has 1 N–H and O–H groups in total. The molecule has 5 nitrogen and oxygen atoms in total. The summed E-state index contributed by atoms with van der Waals surface area (Å²) in [6.07, 6.45) is -0.00405. The first kappa shape index (κ1) is 22.4. The zero-order chi connectivity index (χ0) is 22.4. The van der Waals surface area contributed by atoms with Crippen LogP contribution in [0.4, 0.5) is 23.7 Å². The number of amides is 3. The summed E-state index contributed by atoms with van der Waals surface area (Å²) in [6, 6.07) is 14.0. The molecule has 160 valence electrons. The van der Waals surface area contributed by atoms with Gasteiger partial charge in [0.1, 0.15) is 0 Å². The number of anilines is 1. The maximum absolute atomic E-state index is 13.0. The summed E-state index contributed by atoms with van der Waals surface area (Å²) in [4.78, 5) is 37.7. The summed E-state index contributed by atoms with van der Waals surface area (Å²) < 4.78 is 39.1. The molecule has 3 amide bonds. The van der Waals surface area contributed by atoms with Crippen LogP contribution in [0.3, 0.4) is 0 Å². The van der Waals surface area contributed by atoms with E-state index in [4.69, 9.17) is 0 Å². The summed E-state index contributed by atoms with van der Waals surface area (Å²) in [5.74, 6) is -1.28. The second-order valence-corrected chi connectivity index (χ2v) is 7.46. The molecule has 0 unspecified atom stereocenters. The van der Waals surface area contributed by atoms with Gasteiger partial charge in [-0.25, -0.2) is 0 Å². The van der Waals surface area contributed by atoms with Gasteiger partial charge in [0.05, 0.1) is 16.2 Å². The standard InChI is InChI=1S/C22H17F3N2O3S/c23-22(24,25)16-10-4-5-11-17(16)26-19(28)13-14-27-20(29)18(31-21(27)30)12-6-9-15-7-2-1-3-8-15/h1-12H,13-14H2,(H,26,28)/b9-6+,18-12-. The van der Waals surface area contributed by atoms with Crippen molar-refractivity contribution in [3.05, 3.63) is 82.8 Å². The molecule has 31 heavy (non-hydrogen) atoms. The quantitative estimate of drug-likeness (QED) is 0.610. The lowest BCUT2D eigenvalue weighted by Gasteiger charge is -2.15. The molecule has 1 fully saturated rings. The highest BCUT2D eigenvalue weighted by Crippen LogP contribution is 2.35. The van der Waals surface area contributed by atoms with Crippen molar-refractivity contribution in [2.75, 3.05) is 11.9 Å². The normalized spacial score (nSPS) is 15.8. The van der Waals surface area contributed by atoms with E-state index in [1.165, 1.54) is 18.2 Å². The Balaban J connectivity index is 1.59. The minimum absolute atomic E-state index is 0.208. The van der Waals surface area contributed by atoms with Crippen molar-refractivity contribution in [1.29, 1.82) is 0 Å². The van der Waals surface area contributed by atoms with Gasteiger partial charge in [-0.15, -0.1) is 0 Å². The topological polar surface area (TPSA) is 66.5 Å². The Bertz CT molecular complexity index is 1050. The van der Waals surface area contributed by atoms with Gasteiger partial charge in [0, 0.05) is 13.0 Å². The molecule has 0 radical (unpaired) electrons. The zero-order valence-corrected chi connectivity index (χ0v) is 16.9. The van der Waals surface area contributed by atoms with Crippen LogP contribution in [0.1, 0.15) is 17.5 Å². The maximum Gasteiger partial charge on any atom is 0.418 e. The van der Waals surface area contributed by atoms with E-state index in [1.54, 1.807) is 12.2 Å². The predicted octanol–water partition coefficient (Wildman–Crippen LogP) is 5.33. The van der Waals surface area contributed by atoms with Crippen LogP contribution in [-0.2, 0) is 15.8 Å². The Morgan fingerprint density at radius 2 is 1.71 bits per heavy atom. The third-order valence-corrected chi connectivity index (χ3v) is 5.20. The van der Waals surface area contributed by atoms with E-state index in [0.29, 0.717) is 0 Å². The van der Waals surface area contributed by atoms with Crippen molar-refractivity contribution < 1.29 is 27.6 Å². The predicted molar refractivity (Wildman–Crippen MR) is 113 cm³/mol. The van der Waals surface area contributed by atoms with E-state index in [9.17, 15) is 27.6 Å². The monoisotopic (exact) mass is 446 g/mol. The molecule has 0 atom stereocenters. The Morgan fingerprint density at radius 1 is 1.03 bits per heavy atom. The number of para-hydroxylation sites is 1. The maximum atomic E-state index is 13.0. The van der Waals surface area contributed by atoms with E-state index < -0.39 is 28.8 Å². The molecular formula is C22H17F3N2O3S. The van der Waals surface area contributed by atoms with Gasteiger partial charge >= 0.3 is 6.18 Å². The smallest absolute Gasteiger partial charge is 0.325 e. The van der Waals surface area contributed by atoms with Gasteiger partial charge in [-0.1, -0.05) is 54.6 Å². The highest BCUT2D eigenvalue weighted by molar-refractivity contribution is 8.18. The average Bonchev–Trinajstić information content (AvgIpc) is 2.99. The van der Waals surface area contributed by atoms with Crippen molar-refractivity contribution >= 4 is 40.6 Å². The van der Waals surface area contributed by atoms with Crippen LogP contribution in [0.25, 0.3) is 6.08 Å². The average molecular weight is 446 g/mol. The van der Waals surface area contributed by atoms with E-state index in [0.717, 1.165) is 34.4 Å². The van der Waals surface area contributed by atoms with Gasteiger partial charge in [-0.2, -0.15) is 13.2 Å². The Labute approximate surface area is 180 Å². The first-order valence-electron chi connectivity index (χ1n) is 9.19. The molecule has 0 saturated carbocycles. The SMILES string of the molecule is O=C(CCN1C(=O)S/C(=C\C=C\c2ccccc2)C1=O)Nc1ccccc1C(F)(F)F. The molecular weight excluding hydrogens is 429 g/mol. The molecule has 1 aliphatic rings. The van der Waals surface area contributed by atoms with Crippen molar-refractivity contribution in [2.45, 2.75) is 12.6 Å². The number of nitrogens with zero attached hydrogens (tertiary/aromatic N) is 1. The number of hydrogen-bond acceptors (Lipinski definition) is 4. The molecule has 3 rings (SSSR count). The van der Waals surface area contributed by atoms with E-state index in [1.807, 2.05) is 30.3 Å². The summed E-state index contributed by atoms with van der Waals surface area (Å²) >= 11 is 0.745. The van der Waals surface area contributed by atoms with Crippen molar-refractivity contribution in [2.24, 2.45) is 0 Å². The molecule has 1 aliphatic heterocycles. The summed E-state index contributed by atoms with van der Waals surface area (Å²) in [6.45, 7) is -0.232. The third-order valence-electron chi connectivity index (χ3n) is 4.28. The number of carbonyl (C=O) groups is 3. The molecule has 0 aliphatic carbocycles. The van der Waals surface area contributed by atoms with E-state index >= 15 is 0 Å². The first-order chi connectivity index (χ1) is 14.8. The van der Waals surface area contributed by atoms with Gasteiger partial charge in [-0.05, 0) is 35.5 Å². The number of carbonyl (C=O) groups excluding carboxylic acids is 3. The van der Waals surface area contributed by atoms with Crippen LogP contribution in [0, 0.1) is 0 Å². The molecule has 0 spiro atoms. The number of allylic oxidation sites excluding steroid dienone is 2. The minimum atomic E-state index is -4.62. The fourth-order valence-corrected chi connectivity index (χ4v) is 3.60. The van der Waals surface area contributed by atoms with Crippen LogP contribution < -0.4 is 5.32 Å². The highest BCUT2D eigenvalue weighted by atomic mass is 32.2. The number of rotatable bonds is 6. The van der Waals surface area contributed by atoms with Gasteiger partial charge < -0.3 is 5.32 Å². The Hall–Kier alpha value is -3.33. The first-order valence-corrected chi connectivity index (χ1v) is 10.0. The van der Waals surface area contributed by atoms with Crippen molar-refractivity contribution in [1.82, 2.24) is 4.90 Å². The number of thioether (sulfide) groups is 1. The lowest BCUT2D eigenvalue weighted by Crippen LogP contribution is -2.31. The van der Waals surface area contributed by atoms with E-state index in [2.05, 4.69) is 5.32 Å². The van der Waals surface area contributed by atoms with Crippen molar-refractivity contribution in [3.8, 4) is 0 Å². The summed E-state index contributed by atoms with van der Waals surface area (Å²) in [5.41, 5.74) is -0.420. The third kappa shape index (κ3) is 5.85. The van der Waals surface area contributed by atoms with Crippen LogP contribution in [-0.4, -0.2) is 28.5 Å². The summed E-state index contributed by atoms with van der Waals surface area (Å²) in [5, 5.41) is 1.66. The zero-order valence-electron chi connectivity index (χ0n) is 16.1. The lowest BCUT2D eigenvalue weighted by atomic mass is 10.1. The molecule has 2 aromatic carbocycles. The number of imide groups is 1. The molecule has 0 aromatic heterocycles. The molecule has 0 bridgehead atoms. The van der Waals surface area contributed by atoms with Gasteiger partial charge in [0.15, 0.2) is 0 Å². The number of benzene rings is 2. The molecule has 1 heterocycles. The van der Waals surface area contributed by atoms with Gasteiger partial charge in [0.25, 0.3) is 11.1 Å². The second-order valence-electron chi connectivity index (χ2n) is 6.47. The number of hydrogen-bond donors (Lipinski definition) is 1. The van der Waals surface area contributed by atoms with Crippen LogP contribution in [0.5, 0.6) is 0 Å². The molecule has 9 heteroatoms. The van der Waals surface area contributed by atoms with Crippen molar-refractivity contribution in [3.63, 3.8) is 0 Å². The molecule has 1 saturated heterocycles. The second kappa shape index (κ2) is 9.65. The fraction of sp³-hybridized carbons (Fsp3) is 0.136. The molecule has 2 aromatic rings. The Kier molecular flexibility index (Phi) is 6.96. The lowest BCUT2D eigenvalue weighted by molar-refractivity contribution is -0.137. The number of halogens is 3. The highest BCUT2D eigenvalue weighted by Gasteiger charge is 2.35. The van der Waals surface area contributed by atoms with Crippen LogP contribution in [0.15, 0.2) is 71.7 Å². The fourth-order valence-electron chi connectivity index (χ4n) is 2.78. The van der Waals surface area contributed by atoms with Gasteiger partial charge in [-0.3, -0.25) is 19.3 Å². The van der Waals surface area contributed by atoms with Crippen LogP contribution >= 0.6 is 11.8 Å². The summed E-state index contributed by atoms with van der Waals surface area (Å²) in [7, 11) is 0. The Morgan fingerprint density at radius 3 is 2.42 bits per heavy atom. The van der Waals surface area contributed by atoms with Crippen LogP contribution in [0.2, 0.25) is 0 Å². The van der Waals surface area contributed by atoms with Gasteiger partial charge in [0.2, 0.25) is 5.91 Å². The number of alkyl halides is 3. The van der Waals surface area contributed by atoms with E-state index in [-0.39, 0.29) is 23.6 Å². The largest absolute Gasteiger partial charge is 0.418 e. The minimum Gasteiger partial charge on any atom is -0.325 e. The number of nitrogens with one attached hydrogen (secondary N) is 1.